The van der Waals surface area contributed by atoms with Gasteiger partial charge in [0.05, 0.1) is 0 Å². The van der Waals surface area contributed by atoms with Crippen LogP contribution in [0.5, 0.6) is 0 Å². The smallest absolute Gasteiger partial charge is 0.227 e. The van der Waals surface area contributed by atoms with Crippen molar-refractivity contribution in [2.45, 2.75) is 33.6 Å². The van der Waals surface area contributed by atoms with E-state index in [1.807, 2.05) is 25.9 Å². The SMILES string of the molecule is CCNc1nc(N(C)C)nc(C)c1C(C)C. The molecule has 0 spiro atoms. The maximum atomic E-state index is 4.55. The molecule has 0 bridgehead atoms. The maximum absolute atomic E-state index is 4.55. The third-order valence-corrected chi connectivity index (χ3v) is 2.45. The molecular weight excluding hydrogens is 200 g/mol. The molecule has 0 amide bonds. The van der Waals surface area contributed by atoms with E-state index in [0.717, 1.165) is 24.0 Å². The van der Waals surface area contributed by atoms with E-state index < -0.39 is 0 Å². The van der Waals surface area contributed by atoms with E-state index in [1.165, 1.54) is 5.56 Å². The van der Waals surface area contributed by atoms with Gasteiger partial charge in [0.1, 0.15) is 5.82 Å². The van der Waals surface area contributed by atoms with Gasteiger partial charge < -0.3 is 10.2 Å². The minimum atomic E-state index is 0.435. The third kappa shape index (κ3) is 2.62. The molecule has 4 nitrogen and oxygen atoms in total. The molecule has 1 aromatic rings. The summed E-state index contributed by atoms with van der Waals surface area (Å²) in [4.78, 5) is 11.0. The molecule has 0 saturated heterocycles. The van der Waals surface area contributed by atoms with E-state index in [9.17, 15) is 0 Å². The molecule has 0 saturated carbocycles. The molecule has 0 aliphatic rings. The summed E-state index contributed by atoms with van der Waals surface area (Å²) in [5.74, 6) is 2.16. The fraction of sp³-hybridized carbons (Fsp3) is 0.667. The van der Waals surface area contributed by atoms with E-state index in [0.29, 0.717) is 5.92 Å². The number of hydrogen-bond donors (Lipinski definition) is 1. The predicted octanol–water partition coefficient (Wildman–Crippen LogP) is 2.41. The number of nitrogens with zero attached hydrogens (tertiary/aromatic N) is 3. The van der Waals surface area contributed by atoms with Crippen LogP contribution < -0.4 is 10.2 Å². The molecular formula is C12H22N4. The average molecular weight is 222 g/mol. The fourth-order valence-electron chi connectivity index (χ4n) is 1.76. The second kappa shape index (κ2) is 5.14. The molecule has 1 N–H and O–H groups in total. The van der Waals surface area contributed by atoms with Crippen LogP contribution >= 0.6 is 0 Å². The number of anilines is 2. The Morgan fingerprint density at radius 1 is 1.25 bits per heavy atom. The standard InChI is InChI=1S/C12H22N4/c1-7-13-11-10(8(2)3)9(4)14-12(15-11)16(5)6/h8H,7H2,1-6H3,(H,13,14,15). The first-order valence-corrected chi connectivity index (χ1v) is 5.77. The van der Waals surface area contributed by atoms with Crippen LogP contribution in [0.15, 0.2) is 0 Å². The highest BCUT2D eigenvalue weighted by atomic mass is 15.2. The highest BCUT2D eigenvalue weighted by molar-refractivity contribution is 5.52. The Hall–Kier alpha value is -1.32. The normalized spacial score (nSPS) is 10.7. The van der Waals surface area contributed by atoms with Gasteiger partial charge in [-0.25, -0.2) is 4.98 Å². The third-order valence-electron chi connectivity index (χ3n) is 2.45. The van der Waals surface area contributed by atoms with Crippen molar-refractivity contribution in [1.82, 2.24) is 9.97 Å². The largest absolute Gasteiger partial charge is 0.370 e. The van der Waals surface area contributed by atoms with Gasteiger partial charge in [-0.1, -0.05) is 13.8 Å². The predicted molar refractivity (Wildman–Crippen MR) is 69.3 cm³/mol. The lowest BCUT2D eigenvalue weighted by Gasteiger charge is -2.19. The first kappa shape index (κ1) is 12.7. The van der Waals surface area contributed by atoms with Crippen LogP contribution in [0, 0.1) is 6.92 Å². The molecule has 0 aromatic carbocycles. The second-order valence-corrected chi connectivity index (χ2v) is 4.45. The zero-order valence-corrected chi connectivity index (χ0v) is 11.1. The molecule has 1 aromatic heterocycles. The van der Waals surface area contributed by atoms with Gasteiger partial charge in [0.25, 0.3) is 0 Å². The van der Waals surface area contributed by atoms with Crippen molar-refractivity contribution in [3.05, 3.63) is 11.3 Å². The van der Waals surface area contributed by atoms with E-state index >= 15 is 0 Å². The molecule has 0 radical (unpaired) electrons. The number of nitrogens with one attached hydrogen (secondary N) is 1. The van der Waals surface area contributed by atoms with Crippen molar-refractivity contribution < 1.29 is 0 Å². The minimum Gasteiger partial charge on any atom is -0.370 e. The molecule has 0 aliphatic carbocycles. The highest BCUT2D eigenvalue weighted by Crippen LogP contribution is 2.26. The highest BCUT2D eigenvalue weighted by Gasteiger charge is 2.14. The Morgan fingerprint density at radius 2 is 1.88 bits per heavy atom. The summed E-state index contributed by atoms with van der Waals surface area (Å²) in [7, 11) is 3.92. The summed E-state index contributed by atoms with van der Waals surface area (Å²) in [5.41, 5.74) is 2.28. The Labute approximate surface area is 98.1 Å². The van der Waals surface area contributed by atoms with Crippen LogP contribution in [0.25, 0.3) is 0 Å². The Morgan fingerprint density at radius 3 is 2.31 bits per heavy atom. The summed E-state index contributed by atoms with van der Waals surface area (Å²) in [6.45, 7) is 9.34. The van der Waals surface area contributed by atoms with E-state index in [2.05, 4.69) is 36.1 Å². The minimum absolute atomic E-state index is 0.435. The zero-order valence-electron chi connectivity index (χ0n) is 11.1. The lowest BCUT2D eigenvalue weighted by atomic mass is 10.0. The molecule has 1 heterocycles. The first-order valence-electron chi connectivity index (χ1n) is 5.77. The van der Waals surface area contributed by atoms with E-state index in [-0.39, 0.29) is 0 Å². The molecule has 90 valence electrons. The van der Waals surface area contributed by atoms with Crippen molar-refractivity contribution in [2.24, 2.45) is 0 Å². The molecule has 0 fully saturated rings. The van der Waals surface area contributed by atoms with Gasteiger partial charge >= 0.3 is 0 Å². The van der Waals surface area contributed by atoms with E-state index in [4.69, 9.17) is 0 Å². The molecule has 0 unspecified atom stereocenters. The van der Waals surface area contributed by atoms with Gasteiger partial charge in [0, 0.05) is 31.9 Å². The van der Waals surface area contributed by atoms with Crippen molar-refractivity contribution in [3.63, 3.8) is 0 Å². The van der Waals surface area contributed by atoms with Gasteiger partial charge in [-0.3, -0.25) is 0 Å². The lowest BCUT2D eigenvalue weighted by Crippen LogP contribution is -2.17. The summed E-state index contributed by atoms with van der Waals surface area (Å²) in [6.07, 6.45) is 0. The molecule has 16 heavy (non-hydrogen) atoms. The van der Waals surface area contributed by atoms with Crippen LogP contribution in [0.2, 0.25) is 0 Å². The van der Waals surface area contributed by atoms with Crippen LogP contribution in [-0.4, -0.2) is 30.6 Å². The van der Waals surface area contributed by atoms with Gasteiger partial charge in [0.2, 0.25) is 5.95 Å². The van der Waals surface area contributed by atoms with Gasteiger partial charge in [-0.2, -0.15) is 4.98 Å². The summed E-state index contributed by atoms with van der Waals surface area (Å²) < 4.78 is 0. The van der Waals surface area contributed by atoms with Gasteiger partial charge in [-0.15, -0.1) is 0 Å². The maximum Gasteiger partial charge on any atom is 0.227 e. The number of rotatable bonds is 4. The van der Waals surface area contributed by atoms with E-state index in [1.54, 1.807) is 0 Å². The second-order valence-electron chi connectivity index (χ2n) is 4.45. The van der Waals surface area contributed by atoms with Crippen molar-refractivity contribution in [1.29, 1.82) is 0 Å². The van der Waals surface area contributed by atoms with Crippen molar-refractivity contribution >= 4 is 11.8 Å². The Kier molecular flexibility index (Phi) is 4.10. The quantitative estimate of drug-likeness (QED) is 0.849. The zero-order chi connectivity index (χ0) is 12.3. The van der Waals surface area contributed by atoms with Gasteiger partial charge in [0.15, 0.2) is 0 Å². The molecule has 0 atom stereocenters. The van der Waals surface area contributed by atoms with Crippen molar-refractivity contribution in [3.8, 4) is 0 Å². The van der Waals surface area contributed by atoms with Crippen molar-refractivity contribution in [2.75, 3.05) is 30.9 Å². The van der Waals surface area contributed by atoms with Crippen LogP contribution in [0.3, 0.4) is 0 Å². The fourth-order valence-corrected chi connectivity index (χ4v) is 1.76. The summed E-state index contributed by atoms with van der Waals surface area (Å²) in [6, 6.07) is 0. The number of aromatic nitrogens is 2. The number of hydrogen-bond acceptors (Lipinski definition) is 4. The molecule has 4 heteroatoms. The molecule has 0 aliphatic heterocycles. The monoisotopic (exact) mass is 222 g/mol. The Balaban J connectivity index is 3.27. The topological polar surface area (TPSA) is 41.1 Å². The van der Waals surface area contributed by atoms with Crippen LogP contribution in [-0.2, 0) is 0 Å². The first-order chi connectivity index (χ1) is 7.47. The van der Waals surface area contributed by atoms with Crippen LogP contribution in [0.4, 0.5) is 11.8 Å². The van der Waals surface area contributed by atoms with Gasteiger partial charge in [-0.05, 0) is 19.8 Å². The number of aryl methyl sites for hydroxylation is 1. The molecule has 1 rings (SSSR count). The average Bonchev–Trinajstić information content (AvgIpc) is 2.16. The lowest BCUT2D eigenvalue weighted by molar-refractivity contribution is 0.823. The van der Waals surface area contributed by atoms with Crippen LogP contribution in [0.1, 0.15) is 37.9 Å². The Bertz CT molecular complexity index is 358. The summed E-state index contributed by atoms with van der Waals surface area (Å²) in [5, 5.41) is 3.32. The summed E-state index contributed by atoms with van der Waals surface area (Å²) >= 11 is 0.